The van der Waals surface area contributed by atoms with Crippen LogP contribution in [0.5, 0.6) is 5.75 Å². The molecular weight excluding hydrogens is 128 g/mol. The highest BCUT2D eigenvalue weighted by Gasteiger charge is 1.88. The summed E-state index contributed by atoms with van der Waals surface area (Å²) in [5.41, 5.74) is 8.83. The maximum Gasteiger partial charge on any atom is 0.120 e. The smallest absolute Gasteiger partial charge is 0.120 e. The van der Waals surface area contributed by atoms with Crippen LogP contribution in [0.3, 0.4) is 0 Å². The number of benzene rings is 1. The van der Waals surface area contributed by atoms with Gasteiger partial charge in [0.05, 0.1) is 7.11 Å². The molecule has 0 aromatic heterocycles. The summed E-state index contributed by atoms with van der Waals surface area (Å²) in [5.74, 6) is 0.690. The maximum absolute atomic E-state index is 8.33. The van der Waals surface area contributed by atoms with E-state index >= 15 is 0 Å². The molecular formula is C7H7N2O-. The summed E-state index contributed by atoms with van der Waals surface area (Å²) in [4.78, 5) is 0. The van der Waals surface area contributed by atoms with Crippen LogP contribution in [-0.4, -0.2) is 7.11 Å². The van der Waals surface area contributed by atoms with Crippen molar-refractivity contribution in [1.29, 1.82) is 0 Å². The van der Waals surface area contributed by atoms with E-state index in [0.29, 0.717) is 11.4 Å². The van der Waals surface area contributed by atoms with Crippen molar-refractivity contribution in [2.45, 2.75) is 0 Å². The topological polar surface area (TPSA) is 43.9 Å². The van der Waals surface area contributed by atoms with Gasteiger partial charge in [-0.2, -0.15) is 0 Å². The lowest BCUT2D eigenvalue weighted by Gasteiger charge is -2.00. The second-order valence-electron chi connectivity index (χ2n) is 1.80. The molecule has 0 spiro atoms. The molecule has 0 aliphatic carbocycles. The van der Waals surface area contributed by atoms with Crippen LogP contribution in [0.25, 0.3) is 5.53 Å². The fourth-order valence-corrected chi connectivity index (χ4v) is 0.673. The lowest BCUT2D eigenvalue weighted by atomic mass is 10.3. The Morgan fingerprint density at radius 1 is 1.50 bits per heavy atom. The molecule has 52 valence electrons. The van der Waals surface area contributed by atoms with E-state index in [9.17, 15) is 0 Å². The van der Waals surface area contributed by atoms with Gasteiger partial charge in [-0.1, -0.05) is 6.07 Å². The molecule has 3 heteroatoms. The zero-order chi connectivity index (χ0) is 7.40. The minimum absolute atomic E-state index is 0.499. The van der Waals surface area contributed by atoms with Crippen LogP contribution in [0.4, 0.5) is 5.69 Å². The first-order valence-corrected chi connectivity index (χ1v) is 2.86. The van der Waals surface area contributed by atoms with Crippen molar-refractivity contribution in [3.8, 4) is 5.75 Å². The Balaban J connectivity index is 2.98. The largest absolute Gasteiger partial charge is 0.706 e. The summed E-state index contributed by atoms with van der Waals surface area (Å²) < 4.78 is 4.89. The fraction of sp³-hybridized carbons (Fsp3) is 0.143. The number of hydrogen-bond donors (Lipinski definition) is 0. The zero-order valence-electron chi connectivity index (χ0n) is 5.61. The molecule has 0 fully saturated rings. The van der Waals surface area contributed by atoms with E-state index in [1.165, 1.54) is 0 Å². The lowest BCUT2D eigenvalue weighted by Crippen LogP contribution is -1.79. The molecule has 1 aromatic carbocycles. The van der Waals surface area contributed by atoms with Crippen LogP contribution in [-0.2, 0) is 0 Å². The molecule has 10 heavy (non-hydrogen) atoms. The molecule has 0 atom stereocenters. The van der Waals surface area contributed by atoms with Gasteiger partial charge in [0.25, 0.3) is 0 Å². The van der Waals surface area contributed by atoms with Gasteiger partial charge in [0.1, 0.15) is 5.75 Å². The minimum Gasteiger partial charge on any atom is -0.706 e. The van der Waals surface area contributed by atoms with Gasteiger partial charge >= 0.3 is 0 Å². The minimum atomic E-state index is 0.499. The van der Waals surface area contributed by atoms with Crippen molar-refractivity contribution in [3.63, 3.8) is 0 Å². The summed E-state index contributed by atoms with van der Waals surface area (Å²) in [6.45, 7) is 0. The molecule has 0 saturated carbocycles. The van der Waals surface area contributed by atoms with Crippen LogP contribution in [0.2, 0.25) is 0 Å². The molecule has 3 nitrogen and oxygen atoms in total. The first-order valence-electron chi connectivity index (χ1n) is 2.86. The molecule has 0 saturated heterocycles. The molecule has 0 aliphatic rings. The molecule has 0 aliphatic heterocycles. The number of methoxy groups -OCH3 is 1. The fourth-order valence-electron chi connectivity index (χ4n) is 0.673. The van der Waals surface area contributed by atoms with Gasteiger partial charge in [-0.3, -0.25) is 0 Å². The quantitative estimate of drug-likeness (QED) is 0.574. The summed E-state index contributed by atoms with van der Waals surface area (Å²) >= 11 is 0. The van der Waals surface area contributed by atoms with Gasteiger partial charge in [0.2, 0.25) is 0 Å². The Morgan fingerprint density at radius 2 is 2.30 bits per heavy atom. The molecule has 0 bridgehead atoms. The molecule has 0 unspecified atom stereocenters. The van der Waals surface area contributed by atoms with Crippen LogP contribution < -0.4 is 4.74 Å². The summed E-state index contributed by atoms with van der Waals surface area (Å²) in [6.07, 6.45) is 0. The normalized spacial score (nSPS) is 8.90. The van der Waals surface area contributed by atoms with Crippen molar-refractivity contribution >= 4 is 5.69 Å². The monoisotopic (exact) mass is 135 g/mol. The highest BCUT2D eigenvalue weighted by molar-refractivity contribution is 5.42. The van der Waals surface area contributed by atoms with E-state index in [4.69, 9.17) is 10.3 Å². The predicted octanol–water partition coefficient (Wildman–Crippen LogP) is 2.35. The second kappa shape index (κ2) is 2.96. The van der Waals surface area contributed by atoms with Gasteiger partial charge in [-0.05, 0) is 12.1 Å². The summed E-state index contributed by atoms with van der Waals surface area (Å²) in [7, 11) is 1.57. The Kier molecular flexibility index (Phi) is 1.99. The predicted molar refractivity (Wildman–Crippen MR) is 38.4 cm³/mol. The molecule has 0 amide bonds. The van der Waals surface area contributed by atoms with Gasteiger partial charge in [-0.25, -0.2) is 0 Å². The van der Waals surface area contributed by atoms with Gasteiger partial charge in [-0.15, -0.1) is 0 Å². The van der Waals surface area contributed by atoms with E-state index < -0.39 is 0 Å². The van der Waals surface area contributed by atoms with Crippen LogP contribution in [0.15, 0.2) is 29.4 Å². The van der Waals surface area contributed by atoms with Gasteiger partial charge in [0, 0.05) is 11.8 Å². The van der Waals surface area contributed by atoms with E-state index in [1.807, 2.05) is 0 Å². The number of rotatable bonds is 2. The van der Waals surface area contributed by atoms with Crippen molar-refractivity contribution in [2.24, 2.45) is 5.11 Å². The summed E-state index contributed by atoms with van der Waals surface area (Å²) in [6, 6.07) is 6.87. The maximum atomic E-state index is 8.33. The lowest BCUT2D eigenvalue weighted by molar-refractivity contribution is 0.415. The molecule has 0 radical (unpaired) electrons. The van der Waals surface area contributed by atoms with Crippen LogP contribution in [0, 0.1) is 0 Å². The average molecular weight is 135 g/mol. The first kappa shape index (κ1) is 6.74. The van der Waals surface area contributed by atoms with Crippen molar-refractivity contribution < 1.29 is 4.74 Å². The van der Waals surface area contributed by atoms with E-state index in [-0.39, 0.29) is 0 Å². The Labute approximate surface area is 59.1 Å². The Morgan fingerprint density at radius 3 is 2.90 bits per heavy atom. The number of ether oxygens (including phenoxy) is 1. The van der Waals surface area contributed by atoms with Crippen molar-refractivity contribution in [2.75, 3.05) is 7.11 Å². The molecule has 1 aromatic rings. The van der Waals surface area contributed by atoms with E-state index in [0.717, 1.165) is 0 Å². The van der Waals surface area contributed by atoms with Crippen LogP contribution in [0.1, 0.15) is 0 Å². The number of nitrogens with zero attached hydrogens (tertiary/aromatic N) is 2. The van der Waals surface area contributed by atoms with Crippen molar-refractivity contribution in [1.82, 2.24) is 0 Å². The molecule has 1 rings (SSSR count). The third-order valence-electron chi connectivity index (χ3n) is 1.17. The summed E-state index contributed by atoms with van der Waals surface area (Å²) in [5, 5.41) is 3.00. The highest BCUT2D eigenvalue weighted by atomic mass is 16.5. The highest BCUT2D eigenvalue weighted by Crippen LogP contribution is 2.18. The van der Waals surface area contributed by atoms with E-state index in [1.54, 1.807) is 31.4 Å². The van der Waals surface area contributed by atoms with Gasteiger partial charge in [0.15, 0.2) is 0 Å². The Bertz CT molecular complexity index is 235. The number of hydrogen-bond acceptors (Lipinski definition) is 2. The van der Waals surface area contributed by atoms with E-state index in [2.05, 4.69) is 5.11 Å². The second-order valence-corrected chi connectivity index (χ2v) is 1.80. The third kappa shape index (κ3) is 1.31. The standard InChI is InChI=1S/C7H7N2O/c1-10-7-4-2-3-6(5-7)9-8/h2-5H,1H3/q-1. The van der Waals surface area contributed by atoms with Crippen LogP contribution >= 0.6 is 0 Å². The molecule has 0 heterocycles. The Hall–Kier alpha value is -1.38. The van der Waals surface area contributed by atoms with Crippen molar-refractivity contribution in [3.05, 3.63) is 29.8 Å². The first-order chi connectivity index (χ1) is 4.86. The third-order valence-corrected chi connectivity index (χ3v) is 1.17. The molecule has 0 N–H and O–H groups in total. The zero-order valence-corrected chi connectivity index (χ0v) is 5.61. The SMILES string of the molecule is COc1cccc(N=[N-])c1. The van der Waals surface area contributed by atoms with Gasteiger partial charge < -0.3 is 15.4 Å². The average Bonchev–Trinajstić information content (AvgIpc) is 2.05.